The minimum absolute atomic E-state index is 0.0388. The maximum Gasteiger partial charge on any atom is 0.433 e. The van der Waals surface area contributed by atoms with Gasteiger partial charge in [-0.3, -0.25) is 4.79 Å². The van der Waals surface area contributed by atoms with Crippen molar-refractivity contribution in [1.82, 2.24) is 19.9 Å². The van der Waals surface area contributed by atoms with Gasteiger partial charge in [-0.05, 0) is 55.3 Å². The van der Waals surface area contributed by atoms with E-state index in [2.05, 4.69) is 15.0 Å². The number of pyridine rings is 1. The van der Waals surface area contributed by atoms with Crippen molar-refractivity contribution in [2.75, 3.05) is 13.1 Å². The maximum absolute atomic E-state index is 13.4. The molecule has 2 N–H and O–H groups in total. The first-order chi connectivity index (χ1) is 14.8. The lowest BCUT2D eigenvalue weighted by atomic mass is 9.94. The number of hydrogen-bond acceptors (Lipinski definition) is 2. The lowest BCUT2D eigenvalue weighted by Crippen LogP contribution is -2.39. The highest BCUT2D eigenvalue weighted by Crippen LogP contribution is 2.32. The number of benzene rings is 1. The van der Waals surface area contributed by atoms with Crippen LogP contribution in [0.15, 0.2) is 42.5 Å². The normalized spacial score (nSPS) is 17.5. The number of fused-ring (bicyclic) bond motifs is 2. The fourth-order valence-corrected chi connectivity index (χ4v) is 4.21. The number of nitrogens with one attached hydrogen (secondary N) is 2. The second-order valence-electron chi connectivity index (χ2n) is 7.86. The molecule has 0 radical (unpaired) electrons. The number of halogens is 4. The largest absolute Gasteiger partial charge is 0.433 e. The Morgan fingerprint density at radius 1 is 1.06 bits per heavy atom. The molecule has 0 saturated carbocycles. The van der Waals surface area contributed by atoms with Gasteiger partial charge < -0.3 is 14.9 Å². The number of rotatable bonds is 2. The van der Waals surface area contributed by atoms with E-state index in [1.54, 1.807) is 23.1 Å². The van der Waals surface area contributed by atoms with Crippen molar-refractivity contribution in [2.45, 2.75) is 24.9 Å². The zero-order valence-electron chi connectivity index (χ0n) is 16.3. The molecule has 5 nitrogen and oxygen atoms in total. The summed E-state index contributed by atoms with van der Waals surface area (Å²) in [6.07, 6.45) is -2.93. The molecule has 1 aliphatic heterocycles. The van der Waals surface area contributed by atoms with Crippen LogP contribution >= 0.6 is 0 Å². The van der Waals surface area contributed by atoms with E-state index < -0.39 is 11.9 Å². The third kappa shape index (κ3) is 3.64. The van der Waals surface area contributed by atoms with Gasteiger partial charge in [-0.1, -0.05) is 0 Å². The van der Waals surface area contributed by atoms with Crippen LogP contribution in [0.5, 0.6) is 0 Å². The van der Waals surface area contributed by atoms with E-state index in [0.29, 0.717) is 35.2 Å². The van der Waals surface area contributed by atoms with E-state index in [4.69, 9.17) is 0 Å². The van der Waals surface area contributed by atoms with Crippen LogP contribution in [-0.4, -0.2) is 38.8 Å². The van der Waals surface area contributed by atoms with Gasteiger partial charge in [0.2, 0.25) is 0 Å². The zero-order valence-corrected chi connectivity index (χ0v) is 16.3. The highest BCUT2D eigenvalue weighted by atomic mass is 19.4. The summed E-state index contributed by atoms with van der Waals surface area (Å²) in [4.78, 5) is 24.6. The zero-order chi connectivity index (χ0) is 21.8. The quantitative estimate of drug-likeness (QED) is 0.428. The predicted octanol–water partition coefficient (Wildman–Crippen LogP) is 5.22. The smallest absolute Gasteiger partial charge is 0.357 e. The minimum Gasteiger partial charge on any atom is -0.357 e. The fourth-order valence-electron chi connectivity index (χ4n) is 4.21. The molecular weight excluding hydrogens is 412 g/mol. The summed E-state index contributed by atoms with van der Waals surface area (Å²) in [6.45, 7) is 1.01. The number of aromatic nitrogens is 3. The average molecular weight is 430 g/mol. The molecule has 4 aromatic rings. The van der Waals surface area contributed by atoms with Crippen molar-refractivity contribution >= 4 is 27.8 Å². The van der Waals surface area contributed by atoms with Gasteiger partial charge in [-0.15, -0.1) is 0 Å². The molecule has 1 amide bonds. The van der Waals surface area contributed by atoms with Crippen molar-refractivity contribution in [3.8, 4) is 0 Å². The molecule has 0 aliphatic carbocycles. The van der Waals surface area contributed by atoms with Gasteiger partial charge in [0.25, 0.3) is 5.91 Å². The first kappa shape index (κ1) is 19.6. The lowest BCUT2D eigenvalue weighted by Gasteiger charge is -2.32. The SMILES string of the molecule is O=C(c1cc2cc(F)ccc2[nH]1)N1CCC[C@H](c2cc3nc(C(F)(F)F)ccc3[nH]2)C1. The fraction of sp³-hybridized carbons (Fsp3) is 0.273. The molecular formula is C22H18F4N4O. The van der Waals surface area contributed by atoms with Crippen molar-refractivity contribution < 1.29 is 22.4 Å². The summed E-state index contributed by atoms with van der Waals surface area (Å²) in [6, 6.07) is 9.90. The predicted molar refractivity (Wildman–Crippen MR) is 107 cm³/mol. The number of piperidine rings is 1. The summed E-state index contributed by atoms with van der Waals surface area (Å²) in [5, 5.41) is 0.624. The molecule has 1 aliphatic rings. The van der Waals surface area contributed by atoms with E-state index >= 15 is 0 Å². The van der Waals surface area contributed by atoms with E-state index in [1.807, 2.05) is 0 Å². The Morgan fingerprint density at radius 3 is 2.68 bits per heavy atom. The van der Waals surface area contributed by atoms with Gasteiger partial charge >= 0.3 is 6.18 Å². The summed E-state index contributed by atoms with van der Waals surface area (Å²) < 4.78 is 52.2. The number of aromatic amines is 2. The summed E-state index contributed by atoms with van der Waals surface area (Å²) in [5.74, 6) is -0.595. The number of H-pyrrole nitrogens is 2. The Morgan fingerprint density at radius 2 is 1.87 bits per heavy atom. The molecule has 0 spiro atoms. The van der Waals surface area contributed by atoms with Gasteiger partial charge in [0.15, 0.2) is 0 Å². The molecule has 3 aromatic heterocycles. The van der Waals surface area contributed by atoms with Crippen LogP contribution in [-0.2, 0) is 6.18 Å². The molecule has 160 valence electrons. The molecule has 9 heteroatoms. The number of amides is 1. The van der Waals surface area contributed by atoms with E-state index in [-0.39, 0.29) is 23.2 Å². The van der Waals surface area contributed by atoms with Crippen LogP contribution in [0.25, 0.3) is 21.9 Å². The number of likely N-dealkylation sites (tertiary alicyclic amines) is 1. The molecule has 1 saturated heterocycles. The van der Waals surface area contributed by atoms with Gasteiger partial charge in [-0.25, -0.2) is 9.37 Å². The van der Waals surface area contributed by atoms with Gasteiger partial charge in [0.05, 0.1) is 11.0 Å². The van der Waals surface area contributed by atoms with E-state index in [9.17, 15) is 22.4 Å². The molecule has 4 heterocycles. The van der Waals surface area contributed by atoms with Crippen LogP contribution < -0.4 is 0 Å². The molecule has 0 unspecified atom stereocenters. The van der Waals surface area contributed by atoms with Crippen molar-refractivity contribution in [2.24, 2.45) is 0 Å². The van der Waals surface area contributed by atoms with Crippen molar-refractivity contribution in [3.63, 3.8) is 0 Å². The van der Waals surface area contributed by atoms with Gasteiger partial charge in [-0.2, -0.15) is 13.2 Å². The molecule has 0 bridgehead atoms. The van der Waals surface area contributed by atoms with Gasteiger partial charge in [0, 0.05) is 35.6 Å². The van der Waals surface area contributed by atoms with Crippen LogP contribution in [0.2, 0.25) is 0 Å². The van der Waals surface area contributed by atoms with E-state index in [0.717, 1.165) is 24.6 Å². The number of hydrogen-bond donors (Lipinski definition) is 2. The number of nitrogens with zero attached hydrogens (tertiary/aromatic N) is 2. The number of alkyl halides is 3. The lowest BCUT2D eigenvalue weighted by molar-refractivity contribution is -0.140. The van der Waals surface area contributed by atoms with Gasteiger partial charge in [0.1, 0.15) is 17.2 Å². The Balaban J connectivity index is 1.38. The maximum atomic E-state index is 13.4. The Labute approximate surface area is 174 Å². The summed E-state index contributed by atoms with van der Waals surface area (Å²) in [5.41, 5.74) is 1.68. The standard InChI is InChI=1S/C22H18F4N4O/c23-14-3-4-15-13(8-14)9-19(27-15)21(31)30-7-1-2-12(11-30)17-10-18-16(28-17)5-6-20(29-18)22(24,25)26/h3-6,8-10,12,27-28H,1-2,7,11H2/t12-/m0/s1. The first-order valence-corrected chi connectivity index (χ1v) is 9.92. The number of carbonyl (C=O) groups is 1. The number of carbonyl (C=O) groups excluding carboxylic acids is 1. The molecule has 1 aromatic carbocycles. The van der Waals surface area contributed by atoms with Crippen LogP contribution in [0.3, 0.4) is 0 Å². The van der Waals surface area contributed by atoms with Crippen LogP contribution in [0.4, 0.5) is 17.6 Å². The first-order valence-electron chi connectivity index (χ1n) is 9.92. The molecule has 1 atom stereocenters. The monoisotopic (exact) mass is 430 g/mol. The molecule has 31 heavy (non-hydrogen) atoms. The topological polar surface area (TPSA) is 64.8 Å². The Bertz CT molecular complexity index is 1290. The molecule has 1 fully saturated rings. The summed E-state index contributed by atoms with van der Waals surface area (Å²) in [7, 11) is 0. The highest BCUT2D eigenvalue weighted by molar-refractivity contribution is 5.98. The van der Waals surface area contributed by atoms with E-state index in [1.165, 1.54) is 18.2 Å². The Hall–Kier alpha value is -3.36. The second kappa shape index (κ2) is 7.11. The minimum atomic E-state index is -4.50. The third-order valence-corrected chi connectivity index (χ3v) is 5.75. The van der Waals surface area contributed by atoms with Crippen molar-refractivity contribution in [3.05, 3.63) is 65.4 Å². The third-order valence-electron chi connectivity index (χ3n) is 5.75. The van der Waals surface area contributed by atoms with Crippen LogP contribution in [0, 0.1) is 5.82 Å². The second-order valence-corrected chi connectivity index (χ2v) is 7.86. The van der Waals surface area contributed by atoms with Crippen molar-refractivity contribution in [1.29, 1.82) is 0 Å². The highest BCUT2D eigenvalue weighted by Gasteiger charge is 2.33. The average Bonchev–Trinajstić information content (AvgIpc) is 3.35. The summed E-state index contributed by atoms with van der Waals surface area (Å²) >= 11 is 0. The van der Waals surface area contributed by atoms with Crippen LogP contribution in [0.1, 0.15) is 40.6 Å². The Kier molecular flexibility index (Phi) is 4.49. The molecule has 5 rings (SSSR count).